The van der Waals surface area contributed by atoms with Gasteiger partial charge in [0.05, 0.1) is 5.56 Å². The van der Waals surface area contributed by atoms with Crippen molar-refractivity contribution in [3.63, 3.8) is 0 Å². The first-order valence-corrected chi connectivity index (χ1v) is 10.4. The van der Waals surface area contributed by atoms with Crippen LogP contribution in [0.1, 0.15) is 46.6 Å². The van der Waals surface area contributed by atoms with Crippen molar-refractivity contribution in [3.8, 4) is 5.75 Å². The summed E-state index contributed by atoms with van der Waals surface area (Å²) in [5.41, 5.74) is 5.25. The Labute approximate surface area is 177 Å². The predicted molar refractivity (Wildman–Crippen MR) is 119 cm³/mol. The molecule has 0 saturated carbocycles. The molecule has 1 aromatic heterocycles. The van der Waals surface area contributed by atoms with Crippen molar-refractivity contribution in [1.29, 1.82) is 0 Å². The van der Waals surface area contributed by atoms with Gasteiger partial charge in [0.2, 0.25) is 0 Å². The third kappa shape index (κ3) is 2.90. The molecule has 1 aliphatic carbocycles. The van der Waals surface area contributed by atoms with E-state index in [1.54, 1.807) is 0 Å². The van der Waals surface area contributed by atoms with Crippen LogP contribution in [0.5, 0.6) is 5.75 Å². The first-order valence-electron chi connectivity index (χ1n) is 9.63. The molecule has 5 rings (SSSR count). The maximum absolute atomic E-state index is 13.5. The van der Waals surface area contributed by atoms with E-state index in [-0.39, 0.29) is 11.2 Å². The smallest absolute Gasteiger partial charge is 0.195 e. The monoisotopic (exact) mass is 445 g/mol. The molecule has 4 heteroatoms. The van der Waals surface area contributed by atoms with Crippen LogP contribution in [0.4, 0.5) is 0 Å². The van der Waals surface area contributed by atoms with Crippen LogP contribution in [0.15, 0.2) is 71.2 Å². The van der Waals surface area contributed by atoms with Gasteiger partial charge >= 0.3 is 0 Å². The molecule has 4 aromatic rings. The number of H-pyrrole nitrogens is 1. The summed E-state index contributed by atoms with van der Waals surface area (Å²) >= 11 is 3.52. The van der Waals surface area contributed by atoms with E-state index in [9.17, 15) is 4.79 Å². The van der Waals surface area contributed by atoms with Crippen LogP contribution in [-0.4, -0.2) is 10.8 Å². The van der Waals surface area contributed by atoms with Crippen molar-refractivity contribution in [2.75, 3.05) is 0 Å². The SMILES string of the molecule is CC1(C)c2ccc(OCc3ccccc3)cc2C(=O)c2c1[nH]c1cc(Br)ccc21. The number of aromatic amines is 1. The van der Waals surface area contributed by atoms with Crippen LogP contribution in [0.3, 0.4) is 0 Å². The van der Waals surface area contributed by atoms with Crippen LogP contribution >= 0.6 is 15.9 Å². The van der Waals surface area contributed by atoms with Crippen molar-refractivity contribution in [1.82, 2.24) is 4.98 Å². The van der Waals surface area contributed by atoms with E-state index in [2.05, 4.69) is 34.8 Å². The second-order valence-electron chi connectivity index (χ2n) is 8.00. The van der Waals surface area contributed by atoms with Crippen molar-refractivity contribution >= 4 is 32.6 Å². The zero-order valence-electron chi connectivity index (χ0n) is 16.3. The first kappa shape index (κ1) is 18.2. The number of hydrogen-bond donors (Lipinski definition) is 1. The number of carbonyl (C=O) groups is 1. The van der Waals surface area contributed by atoms with Gasteiger partial charge in [-0.3, -0.25) is 4.79 Å². The van der Waals surface area contributed by atoms with Gasteiger partial charge in [-0.05, 0) is 35.4 Å². The summed E-state index contributed by atoms with van der Waals surface area (Å²) in [5, 5.41) is 0.961. The molecule has 1 N–H and O–H groups in total. The Morgan fingerprint density at radius 2 is 1.79 bits per heavy atom. The Hall–Kier alpha value is -2.85. The van der Waals surface area contributed by atoms with E-state index in [1.807, 2.05) is 66.7 Å². The normalized spacial score (nSPS) is 14.5. The molecule has 29 heavy (non-hydrogen) atoms. The van der Waals surface area contributed by atoms with Gasteiger partial charge < -0.3 is 9.72 Å². The van der Waals surface area contributed by atoms with Gasteiger partial charge in [-0.15, -0.1) is 0 Å². The molecule has 0 amide bonds. The molecule has 1 aliphatic rings. The summed E-state index contributed by atoms with van der Waals surface area (Å²) < 4.78 is 6.97. The third-order valence-electron chi connectivity index (χ3n) is 5.77. The fourth-order valence-electron chi connectivity index (χ4n) is 4.23. The van der Waals surface area contributed by atoms with Crippen LogP contribution < -0.4 is 4.74 Å². The maximum atomic E-state index is 13.5. The number of nitrogens with one attached hydrogen (secondary N) is 1. The van der Waals surface area contributed by atoms with Crippen LogP contribution in [0, 0.1) is 0 Å². The van der Waals surface area contributed by atoms with Gasteiger partial charge in [0, 0.05) is 32.0 Å². The summed E-state index contributed by atoms with van der Waals surface area (Å²) in [7, 11) is 0. The molecule has 3 nitrogen and oxygen atoms in total. The Morgan fingerprint density at radius 3 is 2.59 bits per heavy atom. The molecule has 0 fully saturated rings. The average molecular weight is 446 g/mol. The standard InChI is InChI=1S/C25H20BrNO2/c1-25(2)20-11-9-17(29-14-15-6-4-3-5-7-15)13-19(20)23(28)22-18-10-8-16(26)12-21(18)27-24(22)25/h3-13,27H,14H2,1-2H3. The van der Waals surface area contributed by atoms with Gasteiger partial charge in [-0.2, -0.15) is 0 Å². The number of aromatic nitrogens is 1. The largest absolute Gasteiger partial charge is 0.489 e. The molecule has 1 heterocycles. The van der Waals surface area contributed by atoms with Crippen molar-refractivity contribution in [3.05, 3.63) is 99.2 Å². The zero-order valence-corrected chi connectivity index (χ0v) is 17.8. The molecular weight excluding hydrogens is 426 g/mol. The number of ketones is 1. The van der Waals surface area contributed by atoms with E-state index in [0.717, 1.165) is 43.3 Å². The van der Waals surface area contributed by atoms with Gasteiger partial charge in [0.1, 0.15) is 12.4 Å². The second-order valence-corrected chi connectivity index (χ2v) is 8.92. The first-order chi connectivity index (χ1) is 13.9. The summed E-state index contributed by atoms with van der Waals surface area (Å²) in [5.74, 6) is 0.760. The van der Waals surface area contributed by atoms with Crippen LogP contribution in [0.2, 0.25) is 0 Å². The number of carbonyl (C=O) groups excluding carboxylic acids is 1. The predicted octanol–water partition coefficient (Wildman–Crippen LogP) is 6.38. The lowest BCUT2D eigenvalue weighted by Gasteiger charge is -2.32. The van der Waals surface area contributed by atoms with Gasteiger partial charge in [0.25, 0.3) is 0 Å². The van der Waals surface area contributed by atoms with Gasteiger partial charge in [0.15, 0.2) is 5.78 Å². The Morgan fingerprint density at radius 1 is 1.00 bits per heavy atom. The number of ether oxygens (including phenoxy) is 1. The molecular formula is C25H20BrNO2. The lowest BCUT2D eigenvalue weighted by Crippen LogP contribution is -2.30. The van der Waals surface area contributed by atoms with Gasteiger partial charge in [-0.1, -0.05) is 72.2 Å². The molecule has 0 unspecified atom stereocenters. The van der Waals surface area contributed by atoms with Crippen LogP contribution in [0.25, 0.3) is 10.9 Å². The van der Waals surface area contributed by atoms with Crippen molar-refractivity contribution in [2.45, 2.75) is 25.9 Å². The number of halogens is 1. The zero-order chi connectivity index (χ0) is 20.2. The minimum atomic E-state index is -0.304. The number of rotatable bonds is 3. The molecule has 144 valence electrons. The summed E-state index contributed by atoms with van der Waals surface area (Å²) in [6.07, 6.45) is 0. The highest BCUT2D eigenvalue weighted by Gasteiger charge is 2.39. The molecule has 0 saturated heterocycles. The molecule has 0 atom stereocenters. The fraction of sp³-hybridized carbons (Fsp3) is 0.160. The number of fused-ring (bicyclic) bond motifs is 4. The van der Waals surface area contributed by atoms with Crippen molar-refractivity contribution < 1.29 is 9.53 Å². The second kappa shape index (κ2) is 6.60. The van der Waals surface area contributed by atoms with Crippen LogP contribution in [-0.2, 0) is 12.0 Å². The fourth-order valence-corrected chi connectivity index (χ4v) is 4.59. The maximum Gasteiger partial charge on any atom is 0.195 e. The molecule has 0 spiro atoms. The van der Waals surface area contributed by atoms with E-state index < -0.39 is 0 Å². The minimum Gasteiger partial charge on any atom is -0.489 e. The van der Waals surface area contributed by atoms with E-state index >= 15 is 0 Å². The topological polar surface area (TPSA) is 42.1 Å². The van der Waals surface area contributed by atoms with E-state index in [0.29, 0.717) is 12.4 Å². The van der Waals surface area contributed by atoms with E-state index in [1.165, 1.54) is 0 Å². The minimum absolute atomic E-state index is 0.0491. The highest BCUT2D eigenvalue weighted by atomic mass is 79.9. The average Bonchev–Trinajstić information content (AvgIpc) is 3.11. The highest BCUT2D eigenvalue weighted by molar-refractivity contribution is 9.10. The summed E-state index contributed by atoms with van der Waals surface area (Å²) in [6.45, 7) is 4.79. The Bertz CT molecular complexity index is 1250. The highest BCUT2D eigenvalue weighted by Crippen LogP contribution is 2.44. The molecule has 0 radical (unpaired) electrons. The Kier molecular flexibility index (Phi) is 4.14. The quantitative estimate of drug-likeness (QED) is 0.397. The molecule has 3 aromatic carbocycles. The third-order valence-corrected chi connectivity index (χ3v) is 6.26. The summed E-state index contributed by atoms with van der Waals surface area (Å²) in [6, 6.07) is 21.9. The number of benzene rings is 3. The molecule has 0 bridgehead atoms. The Balaban J connectivity index is 1.58. The van der Waals surface area contributed by atoms with E-state index in [4.69, 9.17) is 4.74 Å². The van der Waals surface area contributed by atoms with Crippen molar-refractivity contribution in [2.24, 2.45) is 0 Å². The lowest BCUT2D eigenvalue weighted by atomic mass is 9.71. The number of hydrogen-bond acceptors (Lipinski definition) is 2. The molecule has 0 aliphatic heterocycles. The summed E-state index contributed by atoms with van der Waals surface area (Å²) in [4.78, 5) is 17.0. The lowest BCUT2D eigenvalue weighted by molar-refractivity contribution is 0.103. The van der Waals surface area contributed by atoms with Gasteiger partial charge in [-0.25, -0.2) is 0 Å².